The normalized spacial score (nSPS) is 22.7. The van der Waals surface area contributed by atoms with Crippen LogP contribution in [0.4, 0.5) is 5.69 Å². The summed E-state index contributed by atoms with van der Waals surface area (Å²) in [4.78, 5) is 28.6. The third kappa shape index (κ3) is 3.28. The van der Waals surface area contributed by atoms with E-state index in [1.165, 1.54) is 5.57 Å². The molecule has 5 heteroatoms. The van der Waals surface area contributed by atoms with E-state index in [2.05, 4.69) is 13.0 Å². The highest BCUT2D eigenvalue weighted by Gasteiger charge is 2.37. The molecule has 2 saturated heterocycles. The van der Waals surface area contributed by atoms with Gasteiger partial charge in [0.1, 0.15) is 0 Å². The Morgan fingerprint density at radius 2 is 1.96 bits per heavy atom. The molecule has 0 aliphatic carbocycles. The number of anilines is 1. The fourth-order valence-electron chi connectivity index (χ4n) is 4.27. The molecule has 0 bridgehead atoms. The number of carbonyl (C=O) groups excluding carboxylic acids is 2. The number of hydrogen-bond acceptors (Lipinski definition) is 3. The topological polar surface area (TPSA) is 49.9 Å². The van der Waals surface area contributed by atoms with Gasteiger partial charge in [-0.2, -0.15) is 0 Å². The zero-order valence-corrected chi connectivity index (χ0v) is 15.4. The van der Waals surface area contributed by atoms with E-state index >= 15 is 0 Å². The molecule has 0 unspecified atom stereocenters. The Labute approximate surface area is 154 Å². The molecule has 26 heavy (non-hydrogen) atoms. The summed E-state index contributed by atoms with van der Waals surface area (Å²) in [5.74, 6) is 0.191. The first kappa shape index (κ1) is 17.3. The van der Waals surface area contributed by atoms with Crippen molar-refractivity contribution in [3.8, 4) is 0 Å². The van der Waals surface area contributed by atoms with E-state index in [1.54, 1.807) is 4.90 Å². The quantitative estimate of drug-likeness (QED) is 0.767. The van der Waals surface area contributed by atoms with Crippen molar-refractivity contribution >= 4 is 17.5 Å². The van der Waals surface area contributed by atoms with Crippen LogP contribution in [0.3, 0.4) is 0 Å². The van der Waals surface area contributed by atoms with Gasteiger partial charge in [0.05, 0.1) is 12.2 Å². The Bertz CT molecular complexity index is 747. The zero-order chi connectivity index (χ0) is 18.1. The van der Waals surface area contributed by atoms with Crippen LogP contribution in [-0.2, 0) is 9.53 Å². The van der Waals surface area contributed by atoms with Crippen molar-refractivity contribution in [3.63, 3.8) is 0 Å². The molecule has 1 spiro atoms. The Kier molecular flexibility index (Phi) is 4.57. The highest BCUT2D eigenvalue weighted by atomic mass is 16.5. The summed E-state index contributed by atoms with van der Waals surface area (Å²) in [7, 11) is 0. The molecule has 0 radical (unpaired) electrons. The summed E-state index contributed by atoms with van der Waals surface area (Å²) >= 11 is 0. The number of ether oxygens (including phenoxy) is 1. The van der Waals surface area contributed by atoms with Crippen LogP contribution in [0.1, 0.15) is 49.4 Å². The van der Waals surface area contributed by atoms with Gasteiger partial charge in [-0.05, 0) is 50.8 Å². The minimum atomic E-state index is -0.178. The van der Waals surface area contributed by atoms with Crippen LogP contribution < -0.4 is 4.90 Å². The molecular weight excluding hydrogens is 328 g/mol. The Morgan fingerprint density at radius 1 is 1.15 bits per heavy atom. The van der Waals surface area contributed by atoms with Gasteiger partial charge in [-0.25, -0.2) is 0 Å². The van der Waals surface area contributed by atoms with E-state index in [0.29, 0.717) is 25.1 Å². The number of piperidine rings is 1. The smallest absolute Gasteiger partial charge is 0.253 e. The Balaban J connectivity index is 1.46. The van der Waals surface area contributed by atoms with E-state index in [4.69, 9.17) is 4.74 Å². The first-order chi connectivity index (χ1) is 12.6. The number of hydrogen-bond donors (Lipinski definition) is 0. The van der Waals surface area contributed by atoms with Gasteiger partial charge in [-0.3, -0.25) is 9.59 Å². The monoisotopic (exact) mass is 354 g/mol. The maximum atomic E-state index is 13.0. The minimum Gasteiger partial charge on any atom is -0.370 e. The third-order valence-corrected chi connectivity index (χ3v) is 5.77. The second-order valence-corrected chi connectivity index (χ2v) is 7.65. The number of benzene rings is 1. The molecular formula is C21H26N2O3. The van der Waals surface area contributed by atoms with Gasteiger partial charge in [0, 0.05) is 37.3 Å². The van der Waals surface area contributed by atoms with Gasteiger partial charge >= 0.3 is 0 Å². The van der Waals surface area contributed by atoms with Crippen LogP contribution in [0.5, 0.6) is 0 Å². The molecule has 0 atom stereocenters. The fraction of sp³-hybridized carbons (Fsp3) is 0.524. The van der Waals surface area contributed by atoms with Crippen molar-refractivity contribution < 1.29 is 14.3 Å². The second-order valence-electron chi connectivity index (χ2n) is 7.65. The molecule has 1 aromatic carbocycles. The van der Waals surface area contributed by atoms with Crippen LogP contribution in [0, 0.1) is 0 Å². The van der Waals surface area contributed by atoms with Crippen molar-refractivity contribution in [2.24, 2.45) is 0 Å². The largest absolute Gasteiger partial charge is 0.370 e. The molecule has 0 N–H and O–H groups in total. The van der Waals surface area contributed by atoms with E-state index in [1.807, 2.05) is 29.2 Å². The van der Waals surface area contributed by atoms with E-state index < -0.39 is 0 Å². The molecule has 3 heterocycles. The molecule has 4 rings (SSSR count). The van der Waals surface area contributed by atoms with Gasteiger partial charge in [0.25, 0.3) is 5.91 Å². The number of amides is 2. The first-order valence-corrected chi connectivity index (χ1v) is 9.58. The molecule has 3 aliphatic rings. The number of carbonyl (C=O) groups is 2. The third-order valence-electron chi connectivity index (χ3n) is 5.77. The van der Waals surface area contributed by atoms with E-state index in [0.717, 1.165) is 44.5 Å². The van der Waals surface area contributed by atoms with Gasteiger partial charge in [0.2, 0.25) is 5.91 Å². The number of nitrogens with zero attached hydrogens (tertiary/aromatic N) is 2. The van der Waals surface area contributed by atoms with Crippen LogP contribution in [0.25, 0.3) is 0 Å². The molecule has 138 valence electrons. The summed E-state index contributed by atoms with van der Waals surface area (Å²) in [6.45, 7) is 5.09. The van der Waals surface area contributed by atoms with Gasteiger partial charge in [0.15, 0.2) is 0 Å². The molecule has 5 nitrogen and oxygen atoms in total. The number of likely N-dealkylation sites (tertiary alicyclic amines) is 1. The van der Waals surface area contributed by atoms with Crippen LogP contribution in [0.2, 0.25) is 0 Å². The van der Waals surface area contributed by atoms with Crippen molar-refractivity contribution in [1.82, 2.24) is 4.90 Å². The average Bonchev–Trinajstić information content (AvgIpc) is 3.08. The highest BCUT2D eigenvalue weighted by molar-refractivity contribution is 5.99. The van der Waals surface area contributed by atoms with Crippen molar-refractivity contribution in [3.05, 3.63) is 41.5 Å². The minimum absolute atomic E-state index is 0.0462. The van der Waals surface area contributed by atoms with Crippen LogP contribution in [0.15, 0.2) is 35.9 Å². The molecule has 1 aromatic rings. The molecule has 0 saturated carbocycles. The summed E-state index contributed by atoms with van der Waals surface area (Å²) in [6, 6.07) is 7.49. The lowest BCUT2D eigenvalue weighted by Gasteiger charge is -2.42. The van der Waals surface area contributed by atoms with Gasteiger partial charge < -0.3 is 14.5 Å². The van der Waals surface area contributed by atoms with Crippen molar-refractivity contribution in [2.45, 2.75) is 44.6 Å². The molecule has 2 fully saturated rings. The second kappa shape index (κ2) is 6.88. The molecule has 0 aromatic heterocycles. The van der Waals surface area contributed by atoms with E-state index in [-0.39, 0.29) is 17.4 Å². The maximum Gasteiger partial charge on any atom is 0.253 e. The Hall–Kier alpha value is -2.14. The summed E-state index contributed by atoms with van der Waals surface area (Å²) in [5.41, 5.74) is 2.71. The SMILES string of the molecule is CC1=CC2(CCN(C(=O)c3cccc(N4CCCC4=O)c3)CC2)OCC1. The predicted octanol–water partition coefficient (Wildman–Crippen LogP) is 3.15. The summed E-state index contributed by atoms with van der Waals surface area (Å²) in [5, 5.41) is 0. The Morgan fingerprint density at radius 3 is 2.65 bits per heavy atom. The lowest BCUT2D eigenvalue weighted by Crippen LogP contribution is -2.48. The van der Waals surface area contributed by atoms with Crippen LogP contribution in [-0.4, -0.2) is 48.6 Å². The van der Waals surface area contributed by atoms with Gasteiger partial charge in [-0.15, -0.1) is 0 Å². The van der Waals surface area contributed by atoms with Crippen molar-refractivity contribution in [2.75, 3.05) is 31.1 Å². The highest BCUT2D eigenvalue weighted by Crippen LogP contribution is 2.33. The zero-order valence-electron chi connectivity index (χ0n) is 15.4. The van der Waals surface area contributed by atoms with Gasteiger partial charge in [-0.1, -0.05) is 17.7 Å². The average molecular weight is 354 g/mol. The summed E-state index contributed by atoms with van der Waals surface area (Å²) < 4.78 is 6.05. The predicted molar refractivity (Wildman–Crippen MR) is 100 cm³/mol. The standard InChI is InChI=1S/C21H26N2O3/c1-16-7-13-26-21(15-16)8-11-22(12-9-21)20(25)17-4-2-5-18(14-17)23-10-3-6-19(23)24/h2,4-5,14-15H,3,6-13H2,1H3. The van der Waals surface area contributed by atoms with Crippen LogP contribution >= 0.6 is 0 Å². The molecule has 2 amide bonds. The fourth-order valence-corrected chi connectivity index (χ4v) is 4.27. The first-order valence-electron chi connectivity index (χ1n) is 9.58. The maximum absolute atomic E-state index is 13.0. The summed E-state index contributed by atoms with van der Waals surface area (Å²) in [6.07, 6.45) is 6.45. The van der Waals surface area contributed by atoms with Crippen molar-refractivity contribution in [1.29, 1.82) is 0 Å². The van der Waals surface area contributed by atoms with E-state index in [9.17, 15) is 9.59 Å². The number of rotatable bonds is 2. The molecule has 3 aliphatic heterocycles. The lowest BCUT2D eigenvalue weighted by molar-refractivity contribution is -0.117. The lowest BCUT2D eigenvalue weighted by atomic mass is 9.87.